The highest BCUT2D eigenvalue weighted by atomic mass is 35.7. The molecule has 1 atom stereocenters. The highest BCUT2D eigenvalue weighted by molar-refractivity contribution is 8.04. The molecule has 0 aliphatic heterocycles. The van der Waals surface area contributed by atoms with Crippen LogP contribution in [0.3, 0.4) is 0 Å². The third kappa shape index (κ3) is 2.91. The molecule has 0 aliphatic rings. The van der Waals surface area contributed by atoms with Crippen molar-refractivity contribution >= 4 is 21.0 Å². The van der Waals surface area contributed by atoms with Crippen LogP contribution in [-0.4, -0.2) is 4.21 Å². The first-order valence-electron chi connectivity index (χ1n) is 3.01. The number of hydrogen-bond donors (Lipinski definition) is 0. The Balaban J connectivity index is 2.74. The second-order valence-electron chi connectivity index (χ2n) is 2.09. The fourth-order valence-electron chi connectivity index (χ4n) is 0.669. The van der Waals surface area contributed by atoms with Crippen LogP contribution in [0, 0.1) is 6.92 Å². The number of aryl methyl sites for hydroxylation is 1. The van der Waals surface area contributed by atoms with E-state index in [4.69, 9.17) is 14.9 Å². The standard InChI is InChI=1S/C7H7ClO2S/c1-6-2-4-7(5-3-6)10-11(8)9/h2-5H,1H3. The lowest BCUT2D eigenvalue weighted by molar-refractivity contribution is 0.576. The molecule has 4 heteroatoms. The summed E-state index contributed by atoms with van der Waals surface area (Å²) in [7, 11) is 3.35. The summed E-state index contributed by atoms with van der Waals surface area (Å²) in [4.78, 5) is 0. The van der Waals surface area contributed by atoms with Crippen molar-refractivity contribution in [1.29, 1.82) is 0 Å². The minimum absolute atomic E-state index is 0.518. The van der Waals surface area contributed by atoms with Crippen LogP contribution in [0.5, 0.6) is 5.75 Å². The van der Waals surface area contributed by atoms with E-state index in [9.17, 15) is 4.21 Å². The number of hydrogen-bond acceptors (Lipinski definition) is 2. The quantitative estimate of drug-likeness (QED) is 0.669. The fourth-order valence-corrected chi connectivity index (χ4v) is 1.15. The largest absolute Gasteiger partial charge is 0.389 e. The van der Waals surface area contributed by atoms with Gasteiger partial charge in [-0.1, -0.05) is 17.7 Å². The molecule has 0 amide bonds. The normalized spacial score (nSPS) is 12.5. The molecule has 1 aromatic carbocycles. The maximum absolute atomic E-state index is 10.4. The van der Waals surface area contributed by atoms with Crippen LogP contribution in [0.4, 0.5) is 0 Å². The van der Waals surface area contributed by atoms with Crippen LogP contribution in [0.15, 0.2) is 24.3 Å². The smallest absolute Gasteiger partial charge is 0.308 e. The molecular weight excluding hydrogens is 184 g/mol. The Morgan fingerprint density at radius 3 is 2.36 bits per heavy atom. The van der Waals surface area contributed by atoms with Crippen LogP contribution in [0.1, 0.15) is 5.56 Å². The van der Waals surface area contributed by atoms with Gasteiger partial charge >= 0.3 is 10.3 Å². The zero-order chi connectivity index (χ0) is 8.27. The summed E-state index contributed by atoms with van der Waals surface area (Å²) in [6.45, 7) is 1.96. The molecule has 0 N–H and O–H groups in total. The van der Waals surface area contributed by atoms with Gasteiger partial charge in [0.15, 0.2) is 0 Å². The number of rotatable bonds is 2. The maximum atomic E-state index is 10.4. The summed E-state index contributed by atoms with van der Waals surface area (Å²) in [5, 5.41) is 0. The molecule has 0 saturated carbocycles. The summed E-state index contributed by atoms with van der Waals surface area (Å²) in [5.41, 5.74) is 1.12. The summed E-state index contributed by atoms with van der Waals surface area (Å²) in [6.07, 6.45) is 0. The van der Waals surface area contributed by atoms with E-state index in [1.807, 2.05) is 19.1 Å². The van der Waals surface area contributed by atoms with Gasteiger partial charge in [-0.15, -0.1) is 0 Å². The highest BCUT2D eigenvalue weighted by Gasteiger charge is 1.95. The van der Waals surface area contributed by atoms with Crippen molar-refractivity contribution in [3.05, 3.63) is 29.8 Å². The molecule has 0 heterocycles. The van der Waals surface area contributed by atoms with Crippen LogP contribution >= 0.6 is 10.7 Å². The van der Waals surface area contributed by atoms with Gasteiger partial charge in [0.2, 0.25) is 0 Å². The molecule has 11 heavy (non-hydrogen) atoms. The average Bonchev–Trinajstić information content (AvgIpc) is 1.93. The monoisotopic (exact) mass is 190 g/mol. The number of halogens is 1. The molecule has 1 aromatic rings. The predicted molar refractivity (Wildman–Crippen MR) is 45.8 cm³/mol. The second kappa shape index (κ2) is 3.74. The number of benzene rings is 1. The zero-order valence-electron chi connectivity index (χ0n) is 5.91. The highest BCUT2D eigenvalue weighted by Crippen LogP contribution is 2.13. The molecule has 0 aliphatic carbocycles. The Hall–Kier alpha value is -0.540. The Kier molecular flexibility index (Phi) is 2.91. The van der Waals surface area contributed by atoms with E-state index in [1.54, 1.807) is 12.1 Å². The fraction of sp³-hybridized carbons (Fsp3) is 0.143. The lowest BCUT2D eigenvalue weighted by Crippen LogP contribution is -1.90. The lowest BCUT2D eigenvalue weighted by Gasteiger charge is -1.98. The van der Waals surface area contributed by atoms with E-state index in [2.05, 4.69) is 0 Å². The average molecular weight is 191 g/mol. The molecule has 0 aromatic heterocycles. The van der Waals surface area contributed by atoms with E-state index >= 15 is 0 Å². The van der Waals surface area contributed by atoms with E-state index in [-0.39, 0.29) is 0 Å². The SMILES string of the molecule is Cc1ccc(OS(=O)Cl)cc1. The minimum Gasteiger partial charge on any atom is -0.389 e. The predicted octanol–water partition coefficient (Wildman–Crippen LogP) is 2.19. The van der Waals surface area contributed by atoms with E-state index in [0.29, 0.717) is 5.75 Å². The lowest BCUT2D eigenvalue weighted by atomic mass is 10.2. The Labute approximate surface area is 72.3 Å². The van der Waals surface area contributed by atoms with Crippen LogP contribution in [-0.2, 0) is 10.3 Å². The molecule has 0 fully saturated rings. The van der Waals surface area contributed by atoms with E-state index < -0.39 is 10.3 Å². The van der Waals surface area contributed by atoms with Crippen LogP contribution in [0.25, 0.3) is 0 Å². The van der Waals surface area contributed by atoms with Gasteiger partial charge in [0.05, 0.1) is 0 Å². The summed E-state index contributed by atoms with van der Waals surface area (Å²) in [6, 6.07) is 7.16. The van der Waals surface area contributed by atoms with Gasteiger partial charge in [-0.05, 0) is 19.1 Å². The van der Waals surface area contributed by atoms with Crippen molar-refractivity contribution < 1.29 is 8.39 Å². The van der Waals surface area contributed by atoms with Gasteiger partial charge in [-0.2, -0.15) is 4.21 Å². The second-order valence-corrected chi connectivity index (χ2v) is 3.40. The molecule has 0 saturated heterocycles. The van der Waals surface area contributed by atoms with E-state index in [0.717, 1.165) is 5.56 Å². The minimum atomic E-state index is -1.75. The van der Waals surface area contributed by atoms with E-state index in [1.165, 1.54) is 0 Å². The molecule has 60 valence electrons. The Bertz CT molecular complexity index is 258. The molecule has 1 unspecified atom stereocenters. The van der Waals surface area contributed by atoms with Gasteiger partial charge in [0.1, 0.15) is 5.75 Å². The van der Waals surface area contributed by atoms with Crippen molar-refractivity contribution in [2.24, 2.45) is 0 Å². The first-order chi connectivity index (χ1) is 5.18. The zero-order valence-corrected chi connectivity index (χ0v) is 7.48. The van der Waals surface area contributed by atoms with Gasteiger partial charge in [0, 0.05) is 10.7 Å². The Morgan fingerprint density at radius 1 is 1.36 bits per heavy atom. The molecule has 2 nitrogen and oxygen atoms in total. The van der Waals surface area contributed by atoms with Gasteiger partial charge in [-0.3, -0.25) is 0 Å². The van der Waals surface area contributed by atoms with Crippen molar-refractivity contribution in [2.75, 3.05) is 0 Å². The third-order valence-corrected chi connectivity index (χ3v) is 1.70. The molecule has 0 bridgehead atoms. The molecule has 0 spiro atoms. The van der Waals surface area contributed by atoms with Gasteiger partial charge in [0.25, 0.3) is 0 Å². The van der Waals surface area contributed by atoms with Crippen molar-refractivity contribution in [2.45, 2.75) is 6.92 Å². The van der Waals surface area contributed by atoms with Crippen molar-refractivity contribution in [3.63, 3.8) is 0 Å². The summed E-state index contributed by atoms with van der Waals surface area (Å²) in [5.74, 6) is 0.518. The van der Waals surface area contributed by atoms with Gasteiger partial charge in [-0.25, -0.2) is 0 Å². The molecule has 0 radical (unpaired) electrons. The summed E-state index contributed by atoms with van der Waals surface area (Å²) < 4.78 is 15.1. The first-order valence-corrected chi connectivity index (χ1v) is 4.91. The summed E-state index contributed by atoms with van der Waals surface area (Å²) >= 11 is 0. The van der Waals surface area contributed by atoms with Crippen molar-refractivity contribution in [3.8, 4) is 5.75 Å². The topological polar surface area (TPSA) is 26.3 Å². The van der Waals surface area contributed by atoms with Crippen LogP contribution in [0.2, 0.25) is 0 Å². The molecule has 1 rings (SSSR count). The third-order valence-electron chi connectivity index (χ3n) is 1.18. The molecular formula is C7H7ClO2S. The van der Waals surface area contributed by atoms with Crippen molar-refractivity contribution in [1.82, 2.24) is 0 Å². The van der Waals surface area contributed by atoms with Crippen LogP contribution < -0.4 is 4.18 Å². The maximum Gasteiger partial charge on any atom is 0.308 e. The van der Waals surface area contributed by atoms with Gasteiger partial charge < -0.3 is 4.18 Å². The first kappa shape index (κ1) is 8.56. The Morgan fingerprint density at radius 2 is 1.91 bits per heavy atom.